The Morgan fingerprint density at radius 3 is 2.08 bits per heavy atom. The number of carbonyl (C=O) groups is 5. The summed E-state index contributed by atoms with van der Waals surface area (Å²) in [5.74, 6) is -1.76. The van der Waals surface area contributed by atoms with Crippen molar-refractivity contribution in [1.82, 2.24) is 41.5 Å². The minimum Gasteiger partial charge on any atom is -0.444 e. The van der Waals surface area contributed by atoms with E-state index in [4.69, 9.17) is 25.4 Å². The molecule has 388 valence electrons. The van der Waals surface area contributed by atoms with Gasteiger partial charge in [0.05, 0.1) is 18.2 Å². The number of aromatic nitrogens is 2. The number of carbonyl (C=O) groups excluding carboxylic acids is 5. The van der Waals surface area contributed by atoms with Gasteiger partial charge >= 0.3 is 13.9 Å². The number of rotatable bonds is 27. The number of halogens is 1. The third-order valence-electron chi connectivity index (χ3n) is 11.1. The van der Waals surface area contributed by atoms with Crippen LogP contribution in [0.15, 0.2) is 85.1 Å². The quantitative estimate of drug-likeness (QED) is 0.0187. The smallest absolute Gasteiger partial charge is 0.444 e. The number of nitrogens with one attached hydrogen (secondary N) is 7. The Bertz CT molecular complexity index is 2480. The molecule has 0 spiro atoms. The minimum absolute atomic E-state index is 0.00504. The zero-order valence-corrected chi connectivity index (χ0v) is 43.4. The summed E-state index contributed by atoms with van der Waals surface area (Å²) in [5, 5.41) is 15.7. The van der Waals surface area contributed by atoms with Crippen LogP contribution in [0.4, 0.5) is 4.79 Å². The Kier molecular flexibility index (Phi) is 23.9. The molecule has 0 aliphatic carbocycles. The highest BCUT2D eigenvalue weighted by Gasteiger charge is 2.30. The van der Waals surface area contributed by atoms with Gasteiger partial charge in [-0.15, -0.1) is 0 Å². The number of H-pyrrole nitrogens is 2. The number of benzene rings is 3. The van der Waals surface area contributed by atoms with Crippen molar-refractivity contribution in [3.8, 4) is 5.75 Å². The average molecular weight is 1020 g/mol. The summed E-state index contributed by atoms with van der Waals surface area (Å²) in [4.78, 5) is 84.4. The van der Waals surface area contributed by atoms with E-state index in [0.717, 1.165) is 33.8 Å². The molecule has 3 aromatic carbocycles. The van der Waals surface area contributed by atoms with Crippen LogP contribution in [-0.4, -0.2) is 113 Å². The highest BCUT2D eigenvalue weighted by molar-refractivity contribution is 7.47. The van der Waals surface area contributed by atoms with Crippen molar-refractivity contribution in [1.29, 1.82) is 0 Å². The Labute approximate surface area is 421 Å². The molecule has 0 fully saturated rings. The molecular formula is C51H72ClN8O10P. The van der Waals surface area contributed by atoms with E-state index < -0.39 is 43.4 Å². The standard InChI is InChI=1S/C45H57ClN7O10P.C6H15N/c1-45(2,3)62-44(58)53-38(27-32-25-30-15-6-9-18-35(30)51-32)43(57)52-37(26-31-28-49-36-19-10-7-16-33(31)36)42(56)48-23-14-21-40(54)50-29-41(55)47-22-12-4-5-13-24-61-64(59,60)63-39-20-11-8-17-34(39)46;1-4-7(5-2)6-3/h6-11,15-20,25,28,37-38,49,51H,4-5,12-14,21-24,26-27,29H2,1-3H3,(H,47,55)(H,48,56)(H,50,54)(H,52,57)(H,53,58)(H,59,60);4-6H2,1-3H3/t37-,38+;/m0./s1. The van der Waals surface area contributed by atoms with Crippen LogP contribution < -0.4 is 31.1 Å². The lowest BCUT2D eigenvalue weighted by Gasteiger charge is -2.25. The van der Waals surface area contributed by atoms with Crippen molar-refractivity contribution in [3.05, 3.63) is 101 Å². The zero-order chi connectivity index (χ0) is 51.8. The minimum atomic E-state index is -4.32. The van der Waals surface area contributed by atoms with Crippen LogP contribution in [0, 0.1) is 0 Å². The van der Waals surface area contributed by atoms with Crippen molar-refractivity contribution >= 4 is 71.0 Å². The summed E-state index contributed by atoms with van der Waals surface area (Å²) in [6, 6.07) is 21.3. The second-order valence-corrected chi connectivity index (χ2v) is 19.6. The number of nitrogens with zero attached hydrogens (tertiary/aromatic N) is 1. The molecular weight excluding hydrogens is 951 g/mol. The SMILES string of the molecule is CC(C)(C)OC(=O)N[C@H](Cc1cc2ccccc2[nH]1)C(=O)N[C@@H](Cc1c[nH]c2ccccc12)C(=O)NCCCC(=O)NCC(=O)NCCCCCCOP(=O)(O)Oc1ccccc1Cl.CCN(CC)CC. The van der Waals surface area contributed by atoms with E-state index in [9.17, 15) is 33.4 Å². The van der Waals surface area contributed by atoms with Gasteiger partial charge in [-0.05, 0) is 101 Å². The number of alkyl carbamates (subject to hydrolysis) is 1. The molecule has 0 saturated carbocycles. The van der Waals surface area contributed by atoms with E-state index in [0.29, 0.717) is 31.5 Å². The number of para-hydroxylation sites is 3. The molecule has 0 saturated heterocycles. The number of phosphoric ester groups is 1. The molecule has 5 rings (SSSR count). The maximum absolute atomic E-state index is 14.0. The van der Waals surface area contributed by atoms with Crippen LogP contribution in [-0.2, 0) is 45.8 Å². The lowest BCUT2D eigenvalue weighted by molar-refractivity contribution is -0.130. The summed E-state index contributed by atoms with van der Waals surface area (Å²) in [7, 11) is -4.32. The molecule has 3 atom stereocenters. The zero-order valence-electron chi connectivity index (χ0n) is 41.7. The van der Waals surface area contributed by atoms with Crippen LogP contribution in [0.25, 0.3) is 21.8 Å². The third kappa shape index (κ3) is 21.1. The van der Waals surface area contributed by atoms with Crippen molar-refractivity contribution in [2.45, 2.75) is 111 Å². The second-order valence-electron chi connectivity index (χ2n) is 17.8. The molecule has 2 heterocycles. The fraction of sp³-hybridized carbons (Fsp3) is 0.471. The van der Waals surface area contributed by atoms with Gasteiger partial charge in [-0.3, -0.25) is 28.6 Å². The highest BCUT2D eigenvalue weighted by atomic mass is 35.5. The van der Waals surface area contributed by atoms with E-state index in [-0.39, 0.29) is 68.0 Å². The van der Waals surface area contributed by atoms with Crippen LogP contribution in [0.3, 0.4) is 0 Å². The van der Waals surface area contributed by atoms with Gasteiger partial charge in [0.15, 0.2) is 0 Å². The third-order valence-corrected chi connectivity index (χ3v) is 12.4. The molecule has 5 aromatic rings. The lowest BCUT2D eigenvalue weighted by Crippen LogP contribution is -2.55. The summed E-state index contributed by atoms with van der Waals surface area (Å²) >= 11 is 5.96. The first-order valence-electron chi connectivity index (χ1n) is 24.3. The summed E-state index contributed by atoms with van der Waals surface area (Å²) in [6.45, 7) is 15.6. The molecule has 1 unspecified atom stereocenters. The molecule has 5 amide bonds. The number of fused-ring (bicyclic) bond motifs is 2. The largest absolute Gasteiger partial charge is 0.527 e. The first-order chi connectivity index (χ1) is 33.9. The Morgan fingerprint density at radius 1 is 0.746 bits per heavy atom. The van der Waals surface area contributed by atoms with Crippen molar-refractivity contribution in [2.24, 2.45) is 0 Å². The Morgan fingerprint density at radius 2 is 1.39 bits per heavy atom. The Balaban J connectivity index is 0.00000145. The van der Waals surface area contributed by atoms with E-state index >= 15 is 0 Å². The van der Waals surface area contributed by atoms with Crippen LogP contribution in [0.5, 0.6) is 5.75 Å². The Hall–Kier alpha value is -5.91. The molecule has 0 aliphatic heterocycles. The summed E-state index contributed by atoms with van der Waals surface area (Å²) in [5.41, 5.74) is 2.41. The molecule has 0 aliphatic rings. The van der Waals surface area contributed by atoms with E-state index in [2.05, 4.69) is 62.2 Å². The van der Waals surface area contributed by atoms with Gasteiger partial charge in [0, 0.05) is 60.7 Å². The molecule has 2 aromatic heterocycles. The fourth-order valence-corrected chi connectivity index (χ4v) is 8.41. The van der Waals surface area contributed by atoms with Crippen LogP contribution in [0.2, 0.25) is 5.02 Å². The van der Waals surface area contributed by atoms with Gasteiger partial charge in [-0.2, -0.15) is 0 Å². The van der Waals surface area contributed by atoms with E-state index in [1.165, 1.54) is 31.8 Å². The number of ether oxygens (including phenoxy) is 1. The van der Waals surface area contributed by atoms with Gasteiger partial charge in [-0.25, -0.2) is 9.36 Å². The maximum atomic E-state index is 14.0. The van der Waals surface area contributed by atoms with Gasteiger partial charge in [-0.1, -0.05) is 93.7 Å². The predicted octanol–water partition coefficient (Wildman–Crippen LogP) is 7.70. The monoisotopic (exact) mass is 1020 g/mol. The number of hydrogen-bond acceptors (Lipinski definition) is 10. The fourth-order valence-electron chi connectivity index (χ4n) is 7.37. The molecule has 0 bridgehead atoms. The van der Waals surface area contributed by atoms with Gasteiger partial charge < -0.3 is 50.7 Å². The predicted molar refractivity (Wildman–Crippen MR) is 277 cm³/mol. The van der Waals surface area contributed by atoms with Gasteiger partial charge in [0.1, 0.15) is 23.4 Å². The number of phosphoric acid groups is 1. The number of unbranched alkanes of at least 4 members (excludes halogenated alkanes) is 3. The maximum Gasteiger partial charge on any atom is 0.527 e. The number of amides is 5. The van der Waals surface area contributed by atoms with Crippen molar-refractivity contribution in [2.75, 3.05) is 45.9 Å². The normalized spacial score (nSPS) is 13.0. The van der Waals surface area contributed by atoms with Crippen molar-refractivity contribution in [3.63, 3.8) is 0 Å². The number of hydrogen-bond donors (Lipinski definition) is 8. The second kappa shape index (κ2) is 29.4. The highest BCUT2D eigenvalue weighted by Crippen LogP contribution is 2.45. The van der Waals surface area contributed by atoms with Crippen LogP contribution in [0.1, 0.15) is 91.3 Å². The summed E-state index contributed by atoms with van der Waals surface area (Å²) < 4.78 is 27.7. The first kappa shape index (κ1) is 57.7. The first-order valence-corrected chi connectivity index (χ1v) is 26.1. The van der Waals surface area contributed by atoms with E-state index in [1.54, 1.807) is 39.1 Å². The van der Waals surface area contributed by atoms with Gasteiger partial charge in [0.25, 0.3) is 0 Å². The summed E-state index contributed by atoms with van der Waals surface area (Å²) in [6.07, 6.45) is 4.08. The van der Waals surface area contributed by atoms with E-state index in [1.807, 2.05) is 54.6 Å². The van der Waals surface area contributed by atoms with Crippen molar-refractivity contribution < 1.29 is 47.2 Å². The molecule has 8 N–H and O–H groups in total. The molecule has 20 heteroatoms. The lowest BCUT2D eigenvalue weighted by atomic mass is 10.0. The topological polar surface area (TPSA) is 245 Å². The van der Waals surface area contributed by atoms with Crippen LogP contribution >= 0.6 is 19.4 Å². The molecule has 18 nitrogen and oxygen atoms in total. The molecule has 0 radical (unpaired) electrons. The number of aromatic amines is 2. The average Bonchev–Trinajstić information content (AvgIpc) is 3.94. The van der Waals surface area contributed by atoms with Gasteiger partial charge in [0.2, 0.25) is 23.6 Å². The molecule has 71 heavy (non-hydrogen) atoms.